The Hall–Kier alpha value is -1.15. The van der Waals surface area contributed by atoms with E-state index in [0.29, 0.717) is 0 Å². The number of nitrogens with one attached hydrogen (secondary N) is 1. The molecule has 0 aliphatic carbocycles. The zero-order chi connectivity index (χ0) is 16.6. The van der Waals surface area contributed by atoms with Crippen LogP contribution in [-0.2, 0) is 10.0 Å². The molecular formula is C13H18ClNO5S. The lowest BCUT2D eigenvalue weighted by Gasteiger charge is -2.29. The van der Waals surface area contributed by atoms with Crippen molar-refractivity contribution in [3.05, 3.63) is 28.3 Å². The molecule has 0 saturated heterocycles. The SMILES string of the molecule is Cc1c(C(=O)O)cc(Cl)cc1S(=O)(=O)NC(C)(C)C(C)O. The highest BCUT2D eigenvalue weighted by atomic mass is 35.5. The quantitative estimate of drug-likeness (QED) is 0.761. The fourth-order valence-electron chi connectivity index (χ4n) is 1.64. The summed E-state index contributed by atoms with van der Waals surface area (Å²) in [6.07, 6.45) is -0.939. The zero-order valence-electron chi connectivity index (χ0n) is 12.1. The number of halogens is 1. The van der Waals surface area contributed by atoms with Crippen molar-refractivity contribution in [2.75, 3.05) is 0 Å². The van der Waals surface area contributed by atoms with E-state index >= 15 is 0 Å². The molecule has 1 rings (SSSR count). The summed E-state index contributed by atoms with van der Waals surface area (Å²) in [6.45, 7) is 5.89. The summed E-state index contributed by atoms with van der Waals surface area (Å²) in [7, 11) is -4.03. The van der Waals surface area contributed by atoms with Gasteiger partial charge in [0.15, 0.2) is 0 Å². The minimum atomic E-state index is -4.03. The summed E-state index contributed by atoms with van der Waals surface area (Å²) in [5.74, 6) is -1.26. The maximum atomic E-state index is 12.4. The number of rotatable bonds is 5. The number of aliphatic hydroxyl groups is 1. The second-order valence-corrected chi connectivity index (χ2v) is 7.47. The van der Waals surface area contributed by atoms with E-state index in [-0.39, 0.29) is 21.0 Å². The van der Waals surface area contributed by atoms with E-state index in [9.17, 15) is 18.3 Å². The van der Waals surface area contributed by atoms with E-state index in [0.717, 1.165) is 0 Å². The van der Waals surface area contributed by atoms with Gasteiger partial charge in [0.25, 0.3) is 0 Å². The summed E-state index contributed by atoms with van der Waals surface area (Å²) in [4.78, 5) is 10.9. The maximum absolute atomic E-state index is 12.4. The summed E-state index contributed by atoms with van der Waals surface area (Å²) in [5, 5.41) is 18.7. The molecular weight excluding hydrogens is 318 g/mol. The van der Waals surface area contributed by atoms with Gasteiger partial charge in [0.1, 0.15) is 0 Å². The Morgan fingerprint density at radius 2 is 1.90 bits per heavy atom. The molecule has 1 unspecified atom stereocenters. The zero-order valence-corrected chi connectivity index (χ0v) is 13.7. The normalized spacial score (nSPS) is 14.0. The number of hydrogen-bond donors (Lipinski definition) is 3. The molecule has 1 atom stereocenters. The smallest absolute Gasteiger partial charge is 0.336 e. The van der Waals surface area contributed by atoms with Gasteiger partial charge in [-0.05, 0) is 45.4 Å². The average molecular weight is 336 g/mol. The fourth-order valence-corrected chi connectivity index (χ4v) is 3.69. The number of aromatic carboxylic acids is 1. The Bertz CT molecular complexity index is 667. The van der Waals surface area contributed by atoms with Crippen LogP contribution in [0.5, 0.6) is 0 Å². The van der Waals surface area contributed by atoms with Crippen LogP contribution in [-0.4, -0.2) is 36.2 Å². The first-order valence-electron chi connectivity index (χ1n) is 6.14. The Balaban J connectivity index is 3.43. The molecule has 118 valence electrons. The molecule has 0 radical (unpaired) electrons. The molecule has 1 aromatic carbocycles. The number of benzene rings is 1. The summed E-state index contributed by atoms with van der Waals surface area (Å²) >= 11 is 5.80. The van der Waals surface area contributed by atoms with Gasteiger partial charge in [-0.3, -0.25) is 0 Å². The van der Waals surface area contributed by atoms with Gasteiger partial charge in [0.2, 0.25) is 10.0 Å². The van der Waals surface area contributed by atoms with Crippen LogP contribution in [0, 0.1) is 6.92 Å². The molecule has 8 heteroatoms. The van der Waals surface area contributed by atoms with Crippen molar-refractivity contribution >= 4 is 27.6 Å². The highest BCUT2D eigenvalue weighted by molar-refractivity contribution is 7.89. The van der Waals surface area contributed by atoms with Gasteiger partial charge >= 0.3 is 5.97 Å². The molecule has 0 spiro atoms. The molecule has 6 nitrogen and oxygen atoms in total. The number of aliphatic hydroxyl groups excluding tert-OH is 1. The molecule has 0 aliphatic rings. The molecule has 0 aromatic heterocycles. The molecule has 0 heterocycles. The maximum Gasteiger partial charge on any atom is 0.336 e. The van der Waals surface area contributed by atoms with E-state index in [4.69, 9.17) is 16.7 Å². The second kappa shape index (κ2) is 5.92. The van der Waals surface area contributed by atoms with Gasteiger partial charge in [0, 0.05) is 5.02 Å². The van der Waals surface area contributed by atoms with Gasteiger partial charge < -0.3 is 10.2 Å². The first kappa shape index (κ1) is 17.9. The minimum Gasteiger partial charge on any atom is -0.478 e. The van der Waals surface area contributed by atoms with Crippen LogP contribution >= 0.6 is 11.6 Å². The van der Waals surface area contributed by atoms with Crippen LogP contribution in [0.3, 0.4) is 0 Å². The Morgan fingerprint density at radius 3 is 2.33 bits per heavy atom. The lowest BCUT2D eigenvalue weighted by molar-refractivity contribution is 0.0695. The highest BCUT2D eigenvalue weighted by Gasteiger charge is 2.32. The van der Waals surface area contributed by atoms with Gasteiger partial charge in [0.05, 0.1) is 22.1 Å². The van der Waals surface area contributed by atoms with E-state index < -0.39 is 27.6 Å². The summed E-state index contributed by atoms with van der Waals surface area (Å²) in [6, 6.07) is 2.38. The number of carboxylic acids is 1. The van der Waals surface area contributed by atoms with E-state index in [1.54, 1.807) is 0 Å². The first-order valence-corrected chi connectivity index (χ1v) is 8.00. The molecule has 0 bridgehead atoms. The van der Waals surface area contributed by atoms with Crippen molar-refractivity contribution in [3.63, 3.8) is 0 Å². The molecule has 21 heavy (non-hydrogen) atoms. The highest BCUT2D eigenvalue weighted by Crippen LogP contribution is 2.26. The van der Waals surface area contributed by atoms with Crippen LogP contribution in [0.25, 0.3) is 0 Å². The van der Waals surface area contributed by atoms with Gasteiger partial charge in [-0.25, -0.2) is 17.9 Å². The van der Waals surface area contributed by atoms with E-state index in [2.05, 4.69) is 4.72 Å². The van der Waals surface area contributed by atoms with Crippen LogP contribution in [0.15, 0.2) is 17.0 Å². The van der Waals surface area contributed by atoms with Crippen molar-refractivity contribution < 1.29 is 23.4 Å². The lowest BCUT2D eigenvalue weighted by Crippen LogP contribution is -2.50. The third kappa shape index (κ3) is 3.94. The number of carbonyl (C=O) groups is 1. The topological polar surface area (TPSA) is 104 Å². The Labute approximate surface area is 128 Å². The molecule has 0 aliphatic heterocycles. The van der Waals surface area contributed by atoms with Crippen LogP contribution in [0.2, 0.25) is 5.02 Å². The molecule has 1 aromatic rings. The predicted octanol–water partition coefficient (Wildman–Crippen LogP) is 1.78. The second-order valence-electron chi connectivity index (χ2n) is 5.38. The lowest BCUT2D eigenvalue weighted by atomic mass is 10.0. The van der Waals surface area contributed by atoms with Crippen molar-refractivity contribution in [2.45, 2.75) is 44.2 Å². The first-order chi connectivity index (χ1) is 9.38. The van der Waals surface area contributed by atoms with Crippen LogP contribution < -0.4 is 4.72 Å². The van der Waals surface area contributed by atoms with Crippen molar-refractivity contribution in [1.82, 2.24) is 4.72 Å². The van der Waals surface area contributed by atoms with E-state index in [1.807, 2.05) is 0 Å². The average Bonchev–Trinajstić information content (AvgIpc) is 2.29. The fraction of sp³-hybridized carbons (Fsp3) is 0.462. The molecule has 3 N–H and O–H groups in total. The van der Waals surface area contributed by atoms with Crippen LogP contribution in [0.4, 0.5) is 0 Å². The minimum absolute atomic E-state index is 0.00762. The third-order valence-corrected chi connectivity index (χ3v) is 5.30. The Morgan fingerprint density at radius 1 is 1.38 bits per heavy atom. The number of carboxylic acid groups (broad SMARTS) is 1. The number of hydrogen-bond acceptors (Lipinski definition) is 4. The third-order valence-electron chi connectivity index (χ3n) is 3.29. The van der Waals surface area contributed by atoms with E-state index in [1.165, 1.54) is 39.8 Å². The van der Waals surface area contributed by atoms with Gasteiger partial charge in [-0.1, -0.05) is 11.6 Å². The van der Waals surface area contributed by atoms with Crippen molar-refractivity contribution in [2.24, 2.45) is 0 Å². The predicted molar refractivity (Wildman–Crippen MR) is 79.2 cm³/mol. The largest absolute Gasteiger partial charge is 0.478 e. The van der Waals surface area contributed by atoms with Crippen LogP contribution in [0.1, 0.15) is 36.7 Å². The standard InChI is InChI=1S/C13H18ClNO5S/c1-7-10(12(17)18)5-9(14)6-11(7)21(19,20)15-13(3,4)8(2)16/h5-6,8,15-16H,1-4H3,(H,17,18). The number of sulfonamides is 1. The molecule has 0 amide bonds. The molecule has 0 saturated carbocycles. The summed E-state index contributed by atoms with van der Waals surface area (Å²) < 4.78 is 27.2. The van der Waals surface area contributed by atoms with Gasteiger partial charge in [-0.2, -0.15) is 0 Å². The Kier molecular flexibility index (Phi) is 5.05. The monoisotopic (exact) mass is 335 g/mol. The van der Waals surface area contributed by atoms with Gasteiger partial charge in [-0.15, -0.1) is 0 Å². The van der Waals surface area contributed by atoms with Crippen molar-refractivity contribution in [3.8, 4) is 0 Å². The van der Waals surface area contributed by atoms with Crippen molar-refractivity contribution in [1.29, 1.82) is 0 Å². The summed E-state index contributed by atoms with van der Waals surface area (Å²) in [5.41, 5.74) is -1.21. The molecule has 0 fully saturated rings.